The number of carbonyl (C=O) groups excluding carboxylic acids is 2. The van der Waals surface area contributed by atoms with Crippen molar-refractivity contribution in [3.8, 4) is 0 Å². The third-order valence-electron chi connectivity index (χ3n) is 6.38. The molecule has 0 N–H and O–H groups in total. The molecular formula is C27H35NO3S. The summed E-state index contributed by atoms with van der Waals surface area (Å²) in [5.41, 5.74) is 1.09. The number of ether oxygens (including phenoxy) is 1. The Balaban J connectivity index is 1.64. The van der Waals surface area contributed by atoms with Crippen LogP contribution in [0.3, 0.4) is 0 Å². The van der Waals surface area contributed by atoms with Crippen LogP contribution in [0.15, 0.2) is 59.5 Å². The van der Waals surface area contributed by atoms with E-state index in [1.165, 1.54) is 0 Å². The lowest BCUT2D eigenvalue weighted by Gasteiger charge is -2.44. The lowest BCUT2D eigenvalue weighted by atomic mass is 9.80. The number of thioether (sulfide) groups is 1. The molecule has 0 aromatic heterocycles. The van der Waals surface area contributed by atoms with Crippen LogP contribution in [0.2, 0.25) is 0 Å². The average Bonchev–Trinajstić information content (AvgIpc) is 2.86. The molecule has 0 radical (unpaired) electrons. The van der Waals surface area contributed by atoms with E-state index < -0.39 is 5.54 Å². The SMILES string of the molecule is CCCCC(CC)(C(=O)c1ccc(SCCC(=O)c2ccccc2)cc1)N1CCOCC1. The first kappa shape index (κ1) is 24.7. The lowest BCUT2D eigenvalue weighted by molar-refractivity contribution is -0.0195. The van der Waals surface area contributed by atoms with Crippen LogP contribution in [-0.4, -0.2) is 54.1 Å². The van der Waals surface area contributed by atoms with E-state index in [1.54, 1.807) is 11.8 Å². The van der Waals surface area contributed by atoms with E-state index in [4.69, 9.17) is 4.74 Å². The monoisotopic (exact) mass is 453 g/mol. The summed E-state index contributed by atoms with van der Waals surface area (Å²) in [6.07, 6.45) is 4.32. The summed E-state index contributed by atoms with van der Waals surface area (Å²) in [5.74, 6) is 1.12. The molecule has 172 valence electrons. The second-order valence-corrected chi connectivity index (χ2v) is 9.50. The standard InChI is InChI=1S/C27H35NO3S/c1-3-5-16-27(4-2,28-17-19-31-20-18-28)26(30)23-11-13-24(14-12-23)32-21-15-25(29)22-9-7-6-8-10-22/h6-14H,3-5,15-21H2,1-2H3. The van der Waals surface area contributed by atoms with Crippen LogP contribution in [0.5, 0.6) is 0 Å². The molecule has 0 bridgehead atoms. The van der Waals surface area contributed by atoms with Gasteiger partial charge < -0.3 is 4.74 Å². The van der Waals surface area contributed by atoms with Crippen molar-refractivity contribution in [2.45, 2.75) is 56.4 Å². The summed E-state index contributed by atoms with van der Waals surface area (Å²) in [6.45, 7) is 7.33. The van der Waals surface area contributed by atoms with Crippen LogP contribution in [-0.2, 0) is 4.74 Å². The molecule has 1 saturated heterocycles. The zero-order chi connectivity index (χ0) is 22.8. The molecule has 4 nitrogen and oxygen atoms in total. The summed E-state index contributed by atoms with van der Waals surface area (Å²) < 4.78 is 5.55. The van der Waals surface area contributed by atoms with Gasteiger partial charge in [-0.05, 0) is 25.0 Å². The molecule has 5 heteroatoms. The van der Waals surface area contributed by atoms with Gasteiger partial charge in [-0.25, -0.2) is 0 Å². The molecular weight excluding hydrogens is 418 g/mol. The number of unbranched alkanes of at least 4 members (excludes halogenated alkanes) is 1. The minimum absolute atomic E-state index is 0.166. The largest absolute Gasteiger partial charge is 0.379 e. The van der Waals surface area contributed by atoms with E-state index in [0.29, 0.717) is 19.6 Å². The number of ketones is 2. The van der Waals surface area contributed by atoms with Crippen molar-refractivity contribution in [3.05, 3.63) is 65.7 Å². The van der Waals surface area contributed by atoms with Gasteiger partial charge in [0.2, 0.25) is 0 Å². The van der Waals surface area contributed by atoms with Gasteiger partial charge in [0.25, 0.3) is 0 Å². The average molecular weight is 454 g/mol. The number of rotatable bonds is 12. The van der Waals surface area contributed by atoms with Crippen molar-refractivity contribution in [1.82, 2.24) is 4.90 Å². The van der Waals surface area contributed by atoms with Gasteiger partial charge in [-0.15, -0.1) is 11.8 Å². The molecule has 1 unspecified atom stereocenters. The smallest absolute Gasteiger partial charge is 0.183 e. The number of benzene rings is 2. The van der Waals surface area contributed by atoms with Crippen molar-refractivity contribution >= 4 is 23.3 Å². The van der Waals surface area contributed by atoms with Crippen LogP contribution >= 0.6 is 11.8 Å². The van der Waals surface area contributed by atoms with Gasteiger partial charge in [-0.2, -0.15) is 0 Å². The molecule has 1 aliphatic heterocycles. The van der Waals surface area contributed by atoms with Crippen LogP contribution in [0.25, 0.3) is 0 Å². The highest BCUT2D eigenvalue weighted by molar-refractivity contribution is 7.99. The third kappa shape index (κ3) is 6.09. The van der Waals surface area contributed by atoms with Crippen molar-refractivity contribution in [2.24, 2.45) is 0 Å². The fourth-order valence-corrected chi connectivity index (χ4v) is 5.29. The fraction of sp³-hybridized carbons (Fsp3) is 0.481. The summed E-state index contributed by atoms with van der Waals surface area (Å²) in [6, 6.07) is 17.4. The van der Waals surface area contributed by atoms with Crippen LogP contribution in [0, 0.1) is 0 Å². The Bertz CT molecular complexity index is 862. The normalized spacial score (nSPS) is 16.4. The lowest BCUT2D eigenvalue weighted by Crippen LogP contribution is -2.58. The van der Waals surface area contributed by atoms with Gasteiger partial charge in [0.15, 0.2) is 11.6 Å². The Morgan fingerprint density at radius 2 is 1.66 bits per heavy atom. The van der Waals surface area contributed by atoms with Gasteiger partial charge in [-0.3, -0.25) is 14.5 Å². The Hall–Kier alpha value is -1.95. The van der Waals surface area contributed by atoms with E-state index >= 15 is 0 Å². The molecule has 0 amide bonds. The summed E-state index contributed by atoms with van der Waals surface area (Å²) in [7, 11) is 0. The predicted molar refractivity (Wildman–Crippen MR) is 132 cm³/mol. The molecule has 3 rings (SSSR count). The first-order valence-corrected chi connectivity index (χ1v) is 12.8. The molecule has 0 aliphatic carbocycles. The van der Waals surface area contributed by atoms with E-state index in [9.17, 15) is 9.59 Å². The first-order valence-electron chi connectivity index (χ1n) is 11.8. The van der Waals surface area contributed by atoms with Gasteiger partial charge >= 0.3 is 0 Å². The molecule has 1 aliphatic rings. The highest BCUT2D eigenvalue weighted by Crippen LogP contribution is 2.32. The highest BCUT2D eigenvalue weighted by atomic mass is 32.2. The van der Waals surface area contributed by atoms with E-state index in [1.807, 2.05) is 54.6 Å². The maximum atomic E-state index is 13.7. The van der Waals surface area contributed by atoms with Crippen LogP contribution in [0.1, 0.15) is 66.7 Å². The molecule has 1 atom stereocenters. The van der Waals surface area contributed by atoms with Gasteiger partial charge in [0.1, 0.15) is 0 Å². The molecule has 2 aromatic rings. The predicted octanol–water partition coefficient (Wildman–Crippen LogP) is 5.91. The van der Waals surface area contributed by atoms with Crippen LogP contribution in [0.4, 0.5) is 0 Å². The Kier molecular flexibility index (Phi) is 9.51. The number of hydrogen-bond acceptors (Lipinski definition) is 5. The van der Waals surface area contributed by atoms with Gasteiger partial charge in [0.05, 0.1) is 18.8 Å². The summed E-state index contributed by atoms with van der Waals surface area (Å²) in [4.78, 5) is 29.5. The molecule has 0 saturated carbocycles. The topological polar surface area (TPSA) is 46.6 Å². The minimum Gasteiger partial charge on any atom is -0.379 e. The van der Waals surface area contributed by atoms with Gasteiger partial charge in [-0.1, -0.05) is 69.2 Å². The maximum Gasteiger partial charge on any atom is 0.183 e. The second-order valence-electron chi connectivity index (χ2n) is 8.33. The quantitative estimate of drug-likeness (QED) is 0.295. The van der Waals surface area contributed by atoms with E-state index in [-0.39, 0.29) is 11.6 Å². The van der Waals surface area contributed by atoms with Crippen LogP contribution < -0.4 is 0 Å². The van der Waals surface area contributed by atoms with E-state index in [2.05, 4.69) is 18.7 Å². The zero-order valence-electron chi connectivity index (χ0n) is 19.3. The Morgan fingerprint density at radius 1 is 0.969 bits per heavy atom. The molecule has 32 heavy (non-hydrogen) atoms. The first-order chi connectivity index (χ1) is 15.6. The molecule has 1 heterocycles. The Morgan fingerprint density at radius 3 is 2.28 bits per heavy atom. The van der Waals surface area contributed by atoms with Crippen molar-refractivity contribution in [2.75, 3.05) is 32.1 Å². The summed E-state index contributed by atoms with van der Waals surface area (Å²) in [5, 5.41) is 0. The number of carbonyl (C=O) groups is 2. The minimum atomic E-state index is -0.448. The molecule has 2 aromatic carbocycles. The number of morpholine rings is 1. The van der Waals surface area contributed by atoms with E-state index in [0.717, 1.165) is 60.5 Å². The highest BCUT2D eigenvalue weighted by Gasteiger charge is 2.42. The van der Waals surface area contributed by atoms with Crippen molar-refractivity contribution < 1.29 is 14.3 Å². The van der Waals surface area contributed by atoms with Crippen molar-refractivity contribution in [1.29, 1.82) is 0 Å². The zero-order valence-corrected chi connectivity index (χ0v) is 20.2. The molecule has 0 spiro atoms. The number of hydrogen-bond donors (Lipinski definition) is 0. The fourth-order valence-electron chi connectivity index (χ4n) is 4.44. The number of nitrogens with zero attached hydrogens (tertiary/aromatic N) is 1. The Labute approximate surface area is 196 Å². The second kappa shape index (κ2) is 12.3. The molecule has 1 fully saturated rings. The number of Topliss-reactive ketones (excluding diaryl/α,β-unsaturated/α-hetero) is 2. The van der Waals surface area contributed by atoms with Gasteiger partial charge in [0, 0.05) is 41.3 Å². The maximum absolute atomic E-state index is 13.7. The summed E-state index contributed by atoms with van der Waals surface area (Å²) >= 11 is 1.66. The third-order valence-corrected chi connectivity index (χ3v) is 7.39. The van der Waals surface area contributed by atoms with Crippen molar-refractivity contribution in [3.63, 3.8) is 0 Å².